The summed E-state index contributed by atoms with van der Waals surface area (Å²) in [4.78, 5) is 60.5. The zero-order chi connectivity index (χ0) is 27.5. The van der Waals surface area contributed by atoms with Gasteiger partial charge in [0.15, 0.2) is 11.5 Å². The number of amides is 2. The van der Waals surface area contributed by atoms with Crippen LogP contribution < -0.4 is 15.4 Å². The Bertz CT molecular complexity index is 1140. The molecule has 2 aromatic carbocycles. The second-order valence-corrected chi connectivity index (χ2v) is 9.43. The second-order valence-electron chi connectivity index (χ2n) is 8.44. The van der Waals surface area contributed by atoms with Crippen LogP contribution in [0.15, 0.2) is 48.5 Å². The molecule has 2 rings (SSSR count). The molecule has 0 fully saturated rings. The lowest BCUT2D eigenvalue weighted by atomic mass is 10.0. The van der Waals surface area contributed by atoms with E-state index in [-0.39, 0.29) is 17.1 Å². The lowest BCUT2D eigenvalue weighted by molar-refractivity contribution is -0.385. The maximum Gasteiger partial charge on any atom is 0.311 e. The summed E-state index contributed by atoms with van der Waals surface area (Å²) in [5, 5.41) is 25.5. The Balaban J connectivity index is 2.10. The molecule has 37 heavy (non-hydrogen) atoms. The number of carbonyl (C=O) groups is 4. The lowest BCUT2D eigenvalue weighted by Crippen LogP contribution is -2.54. The molecular weight excluding hydrogens is 502 g/mol. The number of Topliss-reactive ketones (excluding diaryl/α,β-unsaturated/α-hetero) is 1. The molecule has 198 valence electrons. The molecule has 2 aromatic rings. The van der Waals surface area contributed by atoms with Crippen molar-refractivity contribution in [2.75, 3.05) is 12.9 Å². The molecule has 0 aliphatic heterocycles. The van der Waals surface area contributed by atoms with E-state index in [1.54, 1.807) is 13.8 Å². The van der Waals surface area contributed by atoms with Crippen LogP contribution in [0.2, 0.25) is 0 Å². The number of carboxylic acid groups (broad SMARTS) is 1. The summed E-state index contributed by atoms with van der Waals surface area (Å²) in [6.45, 7) is 3.31. The van der Waals surface area contributed by atoms with E-state index in [4.69, 9.17) is 4.74 Å². The number of nitro benzene ring substituents is 1. The third-order valence-electron chi connectivity index (χ3n) is 5.31. The Morgan fingerprint density at radius 2 is 1.76 bits per heavy atom. The summed E-state index contributed by atoms with van der Waals surface area (Å²) in [5.41, 5.74) is 0.516. The topological polar surface area (TPSA) is 165 Å². The molecule has 0 radical (unpaired) electrons. The molecule has 0 bridgehead atoms. The number of methoxy groups -OCH3 is 1. The van der Waals surface area contributed by atoms with Gasteiger partial charge >= 0.3 is 11.7 Å². The van der Waals surface area contributed by atoms with E-state index in [1.165, 1.54) is 31.0 Å². The fraction of sp³-hybridized carbons (Fsp3) is 0.360. The molecule has 2 amide bonds. The average molecular weight is 532 g/mol. The molecule has 3 N–H and O–H groups in total. The monoisotopic (exact) mass is 531 g/mol. The number of hydrogen-bond acceptors (Lipinski definition) is 8. The van der Waals surface area contributed by atoms with Crippen molar-refractivity contribution in [3.05, 3.63) is 69.8 Å². The van der Waals surface area contributed by atoms with Crippen molar-refractivity contribution in [2.24, 2.45) is 5.92 Å². The maximum atomic E-state index is 13.0. The van der Waals surface area contributed by atoms with E-state index in [0.717, 1.165) is 11.6 Å². The van der Waals surface area contributed by atoms with Crippen molar-refractivity contribution in [3.63, 3.8) is 0 Å². The van der Waals surface area contributed by atoms with Gasteiger partial charge in [-0.05, 0) is 23.6 Å². The van der Waals surface area contributed by atoms with Crippen molar-refractivity contribution < 1.29 is 33.9 Å². The Morgan fingerprint density at radius 3 is 2.32 bits per heavy atom. The molecule has 12 heteroatoms. The van der Waals surface area contributed by atoms with Crippen LogP contribution in [-0.2, 0) is 20.1 Å². The number of nitrogens with one attached hydrogen (secondary N) is 2. The Morgan fingerprint density at radius 1 is 1.08 bits per heavy atom. The summed E-state index contributed by atoms with van der Waals surface area (Å²) in [7, 11) is 1.26. The van der Waals surface area contributed by atoms with Crippen LogP contribution in [0, 0.1) is 16.0 Å². The molecule has 0 heterocycles. The first-order valence-electron chi connectivity index (χ1n) is 11.3. The zero-order valence-electron chi connectivity index (χ0n) is 20.6. The quantitative estimate of drug-likeness (QED) is 0.245. The molecule has 0 aromatic heterocycles. The van der Waals surface area contributed by atoms with E-state index in [9.17, 15) is 34.4 Å². The fourth-order valence-electron chi connectivity index (χ4n) is 3.36. The molecule has 0 saturated carbocycles. The van der Waals surface area contributed by atoms with Gasteiger partial charge in [-0.25, -0.2) is 0 Å². The van der Waals surface area contributed by atoms with Crippen LogP contribution in [0.25, 0.3) is 0 Å². The Kier molecular flexibility index (Phi) is 11.1. The van der Waals surface area contributed by atoms with Gasteiger partial charge in [-0.1, -0.05) is 44.2 Å². The summed E-state index contributed by atoms with van der Waals surface area (Å²) in [6.07, 6.45) is -0.611. The number of carboxylic acids is 1. The number of thioether (sulfide) groups is 1. The van der Waals surface area contributed by atoms with Gasteiger partial charge in [-0.15, -0.1) is 11.8 Å². The van der Waals surface area contributed by atoms with E-state index in [1.807, 2.05) is 30.3 Å². The van der Waals surface area contributed by atoms with Gasteiger partial charge in [0, 0.05) is 17.4 Å². The molecule has 0 spiro atoms. The van der Waals surface area contributed by atoms with Gasteiger partial charge in [0.1, 0.15) is 6.04 Å². The number of hydrogen-bond donors (Lipinski definition) is 3. The molecule has 0 aliphatic carbocycles. The normalized spacial score (nSPS) is 12.3. The van der Waals surface area contributed by atoms with Crippen LogP contribution in [0.4, 0.5) is 5.69 Å². The van der Waals surface area contributed by atoms with Crippen molar-refractivity contribution in [2.45, 2.75) is 38.1 Å². The number of nitrogens with zero attached hydrogens (tertiary/aromatic N) is 1. The van der Waals surface area contributed by atoms with Gasteiger partial charge in [-0.2, -0.15) is 0 Å². The summed E-state index contributed by atoms with van der Waals surface area (Å²) in [6, 6.07) is 10.6. The van der Waals surface area contributed by atoms with E-state index in [2.05, 4.69) is 10.6 Å². The van der Waals surface area contributed by atoms with Gasteiger partial charge in [0.05, 0.1) is 30.2 Å². The Labute approximate surface area is 218 Å². The minimum Gasteiger partial charge on any atom is -0.490 e. The first-order chi connectivity index (χ1) is 17.5. The summed E-state index contributed by atoms with van der Waals surface area (Å²) >= 11 is 1.30. The number of ketones is 1. The number of rotatable bonds is 14. The van der Waals surface area contributed by atoms with E-state index >= 15 is 0 Å². The van der Waals surface area contributed by atoms with Gasteiger partial charge in [-0.3, -0.25) is 29.3 Å². The second kappa shape index (κ2) is 14.0. The zero-order valence-corrected chi connectivity index (χ0v) is 21.4. The molecular formula is C25H29N3O8S. The van der Waals surface area contributed by atoms with Crippen LogP contribution >= 0.6 is 11.8 Å². The smallest absolute Gasteiger partial charge is 0.311 e. The van der Waals surface area contributed by atoms with Gasteiger partial charge in [0.25, 0.3) is 5.91 Å². The highest BCUT2D eigenvalue weighted by atomic mass is 32.2. The van der Waals surface area contributed by atoms with Crippen molar-refractivity contribution in [3.8, 4) is 5.75 Å². The predicted molar refractivity (Wildman–Crippen MR) is 138 cm³/mol. The number of aliphatic carboxylic acids is 1. The third-order valence-corrected chi connectivity index (χ3v) is 6.34. The Hall–Kier alpha value is -3.93. The highest BCUT2D eigenvalue weighted by Crippen LogP contribution is 2.27. The third kappa shape index (κ3) is 8.90. The van der Waals surface area contributed by atoms with E-state index < -0.39 is 58.6 Å². The molecule has 1 unspecified atom stereocenters. The van der Waals surface area contributed by atoms with Crippen LogP contribution in [0.3, 0.4) is 0 Å². The number of nitro groups is 1. The first kappa shape index (κ1) is 29.3. The number of benzene rings is 2. The predicted octanol–water partition coefficient (Wildman–Crippen LogP) is 2.82. The minimum atomic E-state index is -1.28. The maximum absolute atomic E-state index is 13.0. The summed E-state index contributed by atoms with van der Waals surface area (Å²) in [5.74, 6) is -3.15. The van der Waals surface area contributed by atoms with Crippen molar-refractivity contribution in [1.29, 1.82) is 0 Å². The molecule has 11 nitrogen and oxygen atoms in total. The van der Waals surface area contributed by atoms with Crippen molar-refractivity contribution in [1.82, 2.24) is 10.6 Å². The minimum absolute atomic E-state index is 0.0126. The standard InChI is InChI=1S/C25H29N3O8S/c1-15(2)23(27-24(32)17-9-10-21(36-3)19(11-17)28(34)35)25(33)26-18(12-22(30)31)20(29)14-37-13-16-7-5-4-6-8-16/h4-11,15,18,23H,12-14H2,1-3H3,(H,26,33)(H,27,32)(H,30,31)/t18?,23-/m0/s1. The van der Waals surface area contributed by atoms with Crippen LogP contribution in [0.1, 0.15) is 36.2 Å². The SMILES string of the molecule is COc1ccc(C(=O)N[C@H](C(=O)NC(CC(=O)O)C(=O)CSCc2ccccc2)C(C)C)cc1[N+](=O)[O-]. The van der Waals surface area contributed by atoms with Crippen molar-refractivity contribution >= 4 is 41.0 Å². The lowest BCUT2D eigenvalue weighted by Gasteiger charge is -2.24. The molecule has 2 atom stereocenters. The number of ether oxygens (including phenoxy) is 1. The fourth-order valence-corrected chi connectivity index (χ4v) is 4.29. The molecule has 0 saturated heterocycles. The van der Waals surface area contributed by atoms with Crippen LogP contribution in [-0.4, -0.2) is 58.5 Å². The highest BCUT2D eigenvalue weighted by molar-refractivity contribution is 7.99. The van der Waals surface area contributed by atoms with Gasteiger partial charge < -0.3 is 20.5 Å². The average Bonchev–Trinajstić information content (AvgIpc) is 2.86. The highest BCUT2D eigenvalue weighted by Gasteiger charge is 2.30. The molecule has 0 aliphatic rings. The first-order valence-corrected chi connectivity index (χ1v) is 12.5. The largest absolute Gasteiger partial charge is 0.490 e. The summed E-state index contributed by atoms with van der Waals surface area (Å²) < 4.78 is 4.93. The van der Waals surface area contributed by atoms with E-state index in [0.29, 0.717) is 5.75 Å². The number of carbonyl (C=O) groups excluding carboxylic acids is 3. The van der Waals surface area contributed by atoms with Crippen LogP contribution in [0.5, 0.6) is 5.75 Å². The van der Waals surface area contributed by atoms with Gasteiger partial charge in [0.2, 0.25) is 5.91 Å².